The van der Waals surface area contributed by atoms with Gasteiger partial charge >= 0.3 is 0 Å². The molecule has 6 rings (SSSR count). The number of likely N-dealkylation sites (tertiary alicyclic amines) is 1. The first-order valence-corrected chi connectivity index (χ1v) is 13.1. The first-order chi connectivity index (χ1) is 18.8. The number of aromatic nitrogens is 4. The predicted octanol–water partition coefficient (Wildman–Crippen LogP) is 4.07. The number of aromatic amines is 1. The van der Waals surface area contributed by atoms with Crippen molar-refractivity contribution in [3.63, 3.8) is 0 Å². The van der Waals surface area contributed by atoms with E-state index in [1.165, 1.54) is 11.1 Å². The molecule has 0 radical (unpaired) electrons. The number of amides is 1. The van der Waals surface area contributed by atoms with Crippen molar-refractivity contribution in [2.75, 3.05) is 36.4 Å². The number of piperidine rings is 1. The number of rotatable bonds is 6. The first kappa shape index (κ1) is 25.3. The number of nitrogens with zero attached hydrogens (tertiary/aromatic N) is 5. The molecule has 0 bridgehead atoms. The summed E-state index contributed by atoms with van der Waals surface area (Å²) in [4.78, 5) is 25.7. The Labute approximate surface area is 223 Å². The van der Waals surface area contributed by atoms with E-state index < -0.39 is 11.8 Å². The van der Waals surface area contributed by atoms with Gasteiger partial charge in [0.15, 0.2) is 5.69 Å². The van der Waals surface area contributed by atoms with Crippen LogP contribution < -0.4 is 10.2 Å². The average molecular weight is 534 g/mol. The minimum atomic E-state index is -2.74. The van der Waals surface area contributed by atoms with Crippen molar-refractivity contribution >= 4 is 28.3 Å². The van der Waals surface area contributed by atoms with E-state index in [4.69, 9.17) is 0 Å². The van der Waals surface area contributed by atoms with Gasteiger partial charge in [0.2, 0.25) is 0 Å². The van der Waals surface area contributed by atoms with Gasteiger partial charge in [0.25, 0.3) is 11.8 Å². The van der Waals surface area contributed by atoms with Gasteiger partial charge < -0.3 is 15.3 Å². The normalized spacial score (nSPS) is 18.1. The first-order valence-electron chi connectivity index (χ1n) is 13.1. The molecular weight excluding hydrogens is 504 g/mol. The van der Waals surface area contributed by atoms with Crippen LogP contribution in [0.3, 0.4) is 0 Å². The van der Waals surface area contributed by atoms with Crippen molar-refractivity contribution in [2.24, 2.45) is 0 Å². The van der Waals surface area contributed by atoms with Gasteiger partial charge in [0.1, 0.15) is 5.82 Å². The molecule has 2 aliphatic rings. The Morgan fingerprint density at radius 3 is 2.74 bits per heavy atom. The van der Waals surface area contributed by atoms with Crippen molar-refractivity contribution < 1.29 is 18.7 Å². The van der Waals surface area contributed by atoms with Crippen LogP contribution >= 0.6 is 0 Å². The number of aliphatic hydroxyl groups excluding tert-OH is 1. The van der Waals surface area contributed by atoms with Crippen LogP contribution in [0.25, 0.3) is 22.0 Å². The summed E-state index contributed by atoms with van der Waals surface area (Å²) < 4.78 is 27.3. The van der Waals surface area contributed by atoms with E-state index in [-0.39, 0.29) is 31.3 Å². The van der Waals surface area contributed by atoms with E-state index in [1.54, 1.807) is 18.3 Å². The van der Waals surface area contributed by atoms with E-state index >= 15 is 0 Å². The number of fused-ring (bicyclic) bond motifs is 1. The highest BCUT2D eigenvalue weighted by molar-refractivity contribution is 6.11. The third-order valence-electron chi connectivity index (χ3n) is 7.37. The van der Waals surface area contributed by atoms with Crippen molar-refractivity contribution in [1.29, 1.82) is 0 Å². The summed E-state index contributed by atoms with van der Waals surface area (Å²) in [5.41, 5.74) is 4.32. The van der Waals surface area contributed by atoms with Gasteiger partial charge in [-0.25, -0.2) is 13.8 Å². The molecule has 0 aliphatic carbocycles. The SMILES string of the molecule is O=C(Nc1ccnc(N2CCC(F)(F)C2)c1)c1n[nH]c2ccc(-c3cncc(CN4CCC(O)CC4)c3)cc12. The molecule has 1 amide bonds. The summed E-state index contributed by atoms with van der Waals surface area (Å²) in [5, 5.41) is 20.4. The summed E-state index contributed by atoms with van der Waals surface area (Å²) in [6.45, 7) is 2.30. The summed E-state index contributed by atoms with van der Waals surface area (Å²) in [5.74, 6) is -2.76. The summed E-state index contributed by atoms with van der Waals surface area (Å²) in [6.07, 6.45) is 6.29. The highest BCUT2D eigenvalue weighted by atomic mass is 19.3. The molecule has 3 aromatic heterocycles. The van der Waals surface area contributed by atoms with E-state index in [0.717, 1.165) is 54.7 Å². The van der Waals surface area contributed by atoms with Crippen LogP contribution in [0.5, 0.6) is 0 Å². The lowest BCUT2D eigenvalue weighted by atomic mass is 10.0. The zero-order valence-corrected chi connectivity index (χ0v) is 21.3. The van der Waals surface area contributed by atoms with E-state index in [9.17, 15) is 18.7 Å². The number of alkyl halides is 2. The molecule has 2 saturated heterocycles. The molecule has 11 heteroatoms. The Bertz CT molecular complexity index is 1500. The van der Waals surface area contributed by atoms with Gasteiger partial charge in [-0.15, -0.1) is 0 Å². The number of anilines is 2. The van der Waals surface area contributed by atoms with Crippen LogP contribution in [-0.4, -0.2) is 74.3 Å². The van der Waals surface area contributed by atoms with Crippen molar-refractivity contribution in [3.8, 4) is 11.1 Å². The number of halogens is 2. The van der Waals surface area contributed by atoms with E-state index in [1.807, 2.05) is 24.4 Å². The molecule has 0 atom stereocenters. The Hall–Kier alpha value is -3.96. The number of carbonyl (C=O) groups excluding carboxylic acids is 1. The quantitative estimate of drug-likeness (QED) is 0.343. The van der Waals surface area contributed by atoms with Crippen LogP contribution in [-0.2, 0) is 6.54 Å². The Morgan fingerprint density at radius 1 is 1.10 bits per heavy atom. The number of hydrogen-bond acceptors (Lipinski definition) is 7. The number of nitrogens with one attached hydrogen (secondary N) is 2. The Kier molecular flexibility index (Phi) is 6.69. The van der Waals surface area contributed by atoms with Crippen LogP contribution in [0.1, 0.15) is 35.3 Å². The number of hydrogen-bond donors (Lipinski definition) is 3. The number of H-pyrrole nitrogens is 1. The van der Waals surface area contributed by atoms with Gasteiger partial charge in [-0.1, -0.05) is 6.07 Å². The van der Waals surface area contributed by atoms with Gasteiger partial charge in [-0.3, -0.25) is 19.8 Å². The fraction of sp³-hybridized carbons (Fsp3) is 0.357. The largest absolute Gasteiger partial charge is 0.393 e. The summed E-state index contributed by atoms with van der Waals surface area (Å²) in [6, 6.07) is 11.1. The maximum Gasteiger partial charge on any atom is 0.276 e. The molecule has 0 unspecified atom stereocenters. The zero-order valence-electron chi connectivity index (χ0n) is 21.3. The molecule has 9 nitrogen and oxygen atoms in total. The molecule has 0 saturated carbocycles. The van der Waals surface area contributed by atoms with Gasteiger partial charge in [-0.2, -0.15) is 5.10 Å². The lowest BCUT2D eigenvalue weighted by Crippen LogP contribution is -2.35. The zero-order chi connectivity index (χ0) is 27.0. The molecule has 3 N–H and O–H groups in total. The molecule has 2 aliphatic heterocycles. The van der Waals surface area contributed by atoms with Crippen LogP contribution in [0.2, 0.25) is 0 Å². The molecule has 39 heavy (non-hydrogen) atoms. The topological polar surface area (TPSA) is 110 Å². The number of pyridine rings is 2. The average Bonchev–Trinajstić information content (AvgIpc) is 3.53. The number of aliphatic hydroxyl groups is 1. The standard InChI is InChI=1S/C28H29F2N7O2/c29-28(30)6-10-37(17-28)25-13-21(3-7-32-25)33-27(39)26-23-12-19(1-2-24(23)34-35-26)20-11-18(14-31-15-20)16-36-8-4-22(38)5-9-36/h1-3,7,11-15,22,38H,4-6,8-10,16-17H2,(H,34,35)(H,32,33,39). The van der Waals surface area contributed by atoms with Crippen LogP contribution in [0, 0.1) is 0 Å². The predicted molar refractivity (Wildman–Crippen MR) is 144 cm³/mol. The second-order valence-electron chi connectivity index (χ2n) is 10.3. The molecule has 4 aromatic rings. The van der Waals surface area contributed by atoms with Gasteiger partial charge in [-0.05, 0) is 48.2 Å². The molecule has 0 spiro atoms. The van der Waals surface area contributed by atoms with Crippen LogP contribution in [0.15, 0.2) is 55.0 Å². The van der Waals surface area contributed by atoms with E-state index in [2.05, 4.69) is 36.4 Å². The fourth-order valence-electron chi connectivity index (χ4n) is 5.23. The maximum absolute atomic E-state index is 13.7. The highest BCUT2D eigenvalue weighted by Crippen LogP contribution is 2.31. The van der Waals surface area contributed by atoms with Gasteiger partial charge in [0.05, 0.1) is 18.2 Å². The van der Waals surface area contributed by atoms with Crippen LogP contribution in [0.4, 0.5) is 20.3 Å². The molecule has 1 aromatic carbocycles. The fourth-order valence-corrected chi connectivity index (χ4v) is 5.23. The smallest absolute Gasteiger partial charge is 0.276 e. The van der Waals surface area contributed by atoms with Crippen molar-refractivity contribution in [2.45, 2.75) is 37.8 Å². The molecule has 202 valence electrons. The lowest BCUT2D eigenvalue weighted by molar-refractivity contribution is 0.0256. The second-order valence-corrected chi connectivity index (χ2v) is 10.3. The Balaban J connectivity index is 1.20. The minimum absolute atomic E-state index is 0.210. The number of carbonyl (C=O) groups is 1. The number of benzene rings is 1. The van der Waals surface area contributed by atoms with E-state index in [0.29, 0.717) is 16.9 Å². The maximum atomic E-state index is 13.7. The third-order valence-corrected chi connectivity index (χ3v) is 7.37. The van der Waals surface area contributed by atoms with Crippen molar-refractivity contribution in [3.05, 3.63) is 66.2 Å². The summed E-state index contributed by atoms with van der Waals surface area (Å²) >= 11 is 0. The van der Waals surface area contributed by atoms with Crippen molar-refractivity contribution in [1.82, 2.24) is 25.1 Å². The second kappa shape index (κ2) is 10.3. The monoisotopic (exact) mass is 533 g/mol. The van der Waals surface area contributed by atoms with Gasteiger partial charge in [0, 0.05) is 73.9 Å². The Morgan fingerprint density at radius 2 is 1.95 bits per heavy atom. The lowest BCUT2D eigenvalue weighted by Gasteiger charge is -2.29. The minimum Gasteiger partial charge on any atom is -0.393 e. The molecule has 5 heterocycles. The molecule has 2 fully saturated rings. The summed E-state index contributed by atoms with van der Waals surface area (Å²) in [7, 11) is 0. The highest BCUT2D eigenvalue weighted by Gasteiger charge is 2.38. The molecular formula is C28H29F2N7O2. The third kappa shape index (κ3) is 5.59.